The van der Waals surface area contributed by atoms with Gasteiger partial charge in [0.1, 0.15) is 5.60 Å². The number of likely N-dealkylation sites (tertiary alicyclic amines) is 1. The monoisotopic (exact) mass is 336 g/mol. The molecule has 1 N–H and O–H groups in total. The summed E-state index contributed by atoms with van der Waals surface area (Å²) in [6, 6.07) is 18.2. The van der Waals surface area contributed by atoms with Crippen LogP contribution in [0.25, 0.3) is 0 Å². The number of amides is 1. The lowest BCUT2D eigenvalue weighted by molar-refractivity contribution is -0.117. The second kappa shape index (κ2) is 6.62. The molecule has 2 aromatic carbocycles. The first kappa shape index (κ1) is 16.3. The van der Waals surface area contributed by atoms with Crippen molar-refractivity contribution in [1.82, 2.24) is 4.90 Å². The number of nitrogens with zero attached hydrogens (tertiary/aromatic N) is 2. The number of β-amino-alcohol motifs (C(OH)–C–C–N with tert-alkyl or cyclic N) is 1. The average molecular weight is 336 g/mol. The maximum Gasteiger partial charge on any atom is 0.227 e. The number of carbonyl (C=O) groups excluding carboxylic acids is 1. The Labute approximate surface area is 148 Å². The summed E-state index contributed by atoms with van der Waals surface area (Å²) in [5, 5.41) is 10.9. The maximum absolute atomic E-state index is 11.8. The molecule has 2 aromatic rings. The zero-order valence-corrected chi connectivity index (χ0v) is 14.4. The largest absolute Gasteiger partial charge is 0.384 e. The van der Waals surface area contributed by atoms with Crippen molar-refractivity contribution >= 4 is 11.6 Å². The third kappa shape index (κ3) is 3.32. The number of carbonyl (C=O) groups is 1. The molecule has 4 heteroatoms. The van der Waals surface area contributed by atoms with Crippen LogP contribution in [0.2, 0.25) is 0 Å². The SMILES string of the molecule is O=C1CCCN1c1ccc(CN2CCC(O)(c3ccccc3)C2)cc1. The predicted molar refractivity (Wildman–Crippen MR) is 98.3 cm³/mol. The van der Waals surface area contributed by atoms with Crippen LogP contribution in [0.1, 0.15) is 30.4 Å². The van der Waals surface area contributed by atoms with Gasteiger partial charge < -0.3 is 10.0 Å². The molecule has 130 valence electrons. The lowest BCUT2D eigenvalue weighted by Crippen LogP contribution is -2.30. The predicted octanol–water partition coefficient (Wildman–Crippen LogP) is 2.91. The smallest absolute Gasteiger partial charge is 0.227 e. The van der Waals surface area contributed by atoms with Crippen molar-refractivity contribution in [3.63, 3.8) is 0 Å². The van der Waals surface area contributed by atoms with Gasteiger partial charge in [0.25, 0.3) is 0 Å². The zero-order chi connectivity index (χ0) is 17.3. The van der Waals surface area contributed by atoms with Crippen LogP contribution in [-0.4, -0.2) is 35.5 Å². The van der Waals surface area contributed by atoms with E-state index in [0.717, 1.165) is 43.7 Å². The van der Waals surface area contributed by atoms with Gasteiger partial charge >= 0.3 is 0 Å². The highest BCUT2D eigenvalue weighted by atomic mass is 16.3. The number of anilines is 1. The van der Waals surface area contributed by atoms with Gasteiger partial charge in [-0.15, -0.1) is 0 Å². The Kier molecular flexibility index (Phi) is 4.32. The van der Waals surface area contributed by atoms with Crippen LogP contribution >= 0.6 is 0 Å². The molecule has 2 fully saturated rings. The summed E-state index contributed by atoms with van der Waals surface area (Å²) >= 11 is 0. The minimum absolute atomic E-state index is 0.222. The molecule has 2 heterocycles. The molecule has 0 aromatic heterocycles. The standard InChI is InChI=1S/C21H24N2O2/c24-20-7-4-13-23(20)19-10-8-17(9-11-19)15-22-14-12-21(25,16-22)18-5-2-1-3-6-18/h1-3,5-6,8-11,25H,4,7,12-16H2. The van der Waals surface area contributed by atoms with Crippen molar-refractivity contribution in [3.05, 3.63) is 65.7 Å². The van der Waals surface area contributed by atoms with Crippen LogP contribution in [0.3, 0.4) is 0 Å². The van der Waals surface area contributed by atoms with Crippen LogP contribution < -0.4 is 4.90 Å². The first-order valence-electron chi connectivity index (χ1n) is 9.04. The molecule has 0 spiro atoms. The first-order valence-corrected chi connectivity index (χ1v) is 9.04. The number of hydrogen-bond acceptors (Lipinski definition) is 3. The van der Waals surface area contributed by atoms with Crippen molar-refractivity contribution in [2.45, 2.75) is 31.4 Å². The molecule has 4 nitrogen and oxygen atoms in total. The first-order chi connectivity index (χ1) is 12.1. The van der Waals surface area contributed by atoms with E-state index < -0.39 is 5.60 Å². The van der Waals surface area contributed by atoms with E-state index in [9.17, 15) is 9.90 Å². The van der Waals surface area contributed by atoms with E-state index in [-0.39, 0.29) is 5.91 Å². The summed E-state index contributed by atoms with van der Waals surface area (Å²) < 4.78 is 0. The Morgan fingerprint density at radius 2 is 1.76 bits per heavy atom. The Bertz CT molecular complexity index is 744. The minimum atomic E-state index is -0.747. The third-order valence-electron chi connectivity index (χ3n) is 5.37. The van der Waals surface area contributed by atoms with Crippen molar-refractivity contribution in [1.29, 1.82) is 0 Å². The minimum Gasteiger partial charge on any atom is -0.384 e. The lowest BCUT2D eigenvalue weighted by atomic mass is 9.93. The second-order valence-electron chi connectivity index (χ2n) is 7.17. The maximum atomic E-state index is 11.8. The Hall–Kier alpha value is -2.17. The van der Waals surface area contributed by atoms with Gasteiger partial charge in [-0.25, -0.2) is 0 Å². The highest BCUT2D eigenvalue weighted by Gasteiger charge is 2.37. The third-order valence-corrected chi connectivity index (χ3v) is 5.37. The number of benzene rings is 2. The fourth-order valence-electron chi connectivity index (χ4n) is 3.95. The van der Waals surface area contributed by atoms with Crippen LogP contribution in [0, 0.1) is 0 Å². The number of aliphatic hydroxyl groups is 1. The van der Waals surface area contributed by atoms with Gasteiger partial charge in [-0.2, -0.15) is 0 Å². The van der Waals surface area contributed by atoms with Crippen LogP contribution in [-0.2, 0) is 16.9 Å². The number of hydrogen-bond donors (Lipinski definition) is 1. The summed E-state index contributed by atoms with van der Waals surface area (Å²) in [4.78, 5) is 16.0. The van der Waals surface area contributed by atoms with E-state index in [4.69, 9.17) is 0 Å². The van der Waals surface area contributed by atoms with Gasteiger partial charge in [-0.3, -0.25) is 9.69 Å². The van der Waals surface area contributed by atoms with E-state index in [2.05, 4.69) is 17.0 Å². The van der Waals surface area contributed by atoms with Gasteiger partial charge in [-0.1, -0.05) is 42.5 Å². The molecular weight excluding hydrogens is 312 g/mol. The van der Waals surface area contributed by atoms with E-state index >= 15 is 0 Å². The molecule has 25 heavy (non-hydrogen) atoms. The lowest BCUT2D eigenvalue weighted by Gasteiger charge is -2.24. The fraction of sp³-hybridized carbons (Fsp3) is 0.381. The van der Waals surface area contributed by atoms with Gasteiger partial charge in [0.05, 0.1) is 0 Å². The molecule has 0 bridgehead atoms. The molecular formula is C21H24N2O2. The van der Waals surface area contributed by atoms with Crippen LogP contribution in [0.15, 0.2) is 54.6 Å². The molecule has 2 saturated heterocycles. The highest BCUT2D eigenvalue weighted by Crippen LogP contribution is 2.32. The molecule has 0 saturated carbocycles. The molecule has 1 unspecified atom stereocenters. The highest BCUT2D eigenvalue weighted by molar-refractivity contribution is 5.95. The molecule has 1 amide bonds. The van der Waals surface area contributed by atoms with E-state index in [0.29, 0.717) is 13.0 Å². The summed E-state index contributed by atoms with van der Waals surface area (Å²) in [7, 11) is 0. The zero-order valence-electron chi connectivity index (χ0n) is 14.4. The summed E-state index contributed by atoms with van der Waals surface area (Å²) in [6.07, 6.45) is 2.37. The number of rotatable bonds is 4. The van der Waals surface area contributed by atoms with Crippen LogP contribution in [0.4, 0.5) is 5.69 Å². The summed E-state index contributed by atoms with van der Waals surface area (Å²) in [5.74, 6) is 0.222. The molecule has 2 aliphatic rings. The quantitative estimate of drug-likeness (QED) is 0.934. The topological polar surface area (TPSA) is 43.8 Å². The van der Waals surface area contributed by atoms with E-state index in [1.54, 1.807) is 0 Å². The molecule has 1 atom stereocenters. The van der Waals surface area contributed by atoms with E-state index in [1.165, 1.54) is 5.56 Å². The summed E-state index contributed by atoms with van der Waals surface area (Å²) in [6.45, 7) is 3.19. The molecule has 0 radical (unpaired) electrons. The Morgan fingerprint density at radius 1 is 1.00 bits per heavy atom. The van der Waals surface area contributed by atoms with Crippen molar-refractivity contribution in [2.24, 2.45) is 0 Å². The van der Waals surface area contributed by atoms with Gasteiger partial charge in [0.15, 0.2) is 0 Å². The molecule has 2 aliphatic heterocycles. The summed E-state index contributed by atoms with van der Waals surface area (Å²) in [5.41, 5.74) is 2.46. The second-order valence-corrected chi connectivity index (χ2v) is 7.17. The normalized spacial score (nSPS) is 24.2. The van der Waals surface area contributed by atoms with Crippen molar-refractivity contribution < 1.29 is 9.90 Å². The van der Waals surface area contributed by atoms with Crippen molar-refractivity contribution in [3.8, 4) is 0 Å². The van der Waals surface area contributed by atoms with Gasteiger partial charge in [-0.05, 0) is 36.1 Å². The average Bonchev–Trinajstić information content (AvgIpc) is 3.23. The van der Waals surface area contributed by atoms with Crippen molar-refractivity contribution in [2.75, 3.05) is 24.5 Å². The van der Waals surface area contributed by atoms with Crippen LogP contribution in [0.5, 0.6) is 0 Å². The molecule has 4 rings (SSSR count). The van der Waals surface area contributed by atoms with Gasteiger partial charge in [0, 0.05) is 38.3 Å². The Morgan fingerprint density at radius 3 is 2.44 bits per heavy atom. The fourth-order valence-corrected chi connectivity index (χ4v) is 3.95. The van der Waals surface area contributed by atoms with E-state index in [1.807, 2.05) is 47.4 Å². The Balaban J connectivity index is 1.41. The van der Waals surface area contributed by atoms with Gasteiger partial charge in [0.2, 0.25) is 5.91 Å². The molecule has 0 aliphatic carbocycles.